The Labute approximate surface area is 171 Å². The van der Waals surface area contributed by atoms with E-state index in [1.165, 1.54) is 44.4 Å². The highest BCUT2D eigenvalue weighted by atomic mass is 19.1. The Morgan fingerprint density at radius 3 is 2.47 bits per heavy atom. The van der Waals surface area contributed by atoms with Crippen LogP contribution in [-0.4, -0.2) is 32.2 Å². The molecule has 2 aromatic heterocycles. The summed E-state index contributed by atoms with van der Waals surface area (Å²) in [5.41, 5.74) is 1.74. The smallest absolute Gasteiger partial charge is 0.277 e. The average Bonchev–Trinajstić information content (AvgIpc) is 3.15. The molecule has 0 fully saturated rings. The van der Waals surface area contributed by atoms with E-state index in [-0.39, 0.29) is 18.0 Å². The van der Waals surface area contributed by atoms with Gasteiger partial charge in [-0.15, -0.1) is 0 Å². The minimum absolute atomic E-state index is 0.164. The SMILES string of the molecule is CN(C(=O)Cn1ccn2nc(-c3ccc(F)cc3)c(CO)c2c1=O)c1ccccc1. The number of halogens is 1. The number of carbonyl (C=O) groups excluding carboxylic acids is 1. The Kier molecular flexibility index (Phi) is 5.16. The molecule has 0 saturated carbocycles. The number of anilines is 1. The van der Waals surface area contributed by atoms with Crippen LogP contribution in [0.1, 0.15) is 5.56 Å². The predicted molar refractivity (Wildman–Crippen MR) is 111 cm³/mol. The monoisotopic (exact) mass is 406 g/mol. The molecule has 1 amide bonds. The molecule has 0 atom stereocenters. The van der Waals surface area contributed by atoms with E-state index >= 15 is 0 Å². The number of rotatable bonds is 5. The summed E-state index contributed by atoms with van der Waals surface area (Å²) in [5.74, 6) is -0.659. The second-order valence-corrected chi connectivity index (χ2v) is 6.80. The van der Waals surface area contributed by atoms with Gasteiger partial charge in [-0.05, 0) is 36.4 Å². The summed E-state index contributed by atoms with van der Waals surface area (Å²) < 4.78 is 15.9. The lowest BCUT2D eigenvalue weighted by Gasteiger charge is -2.18. The summed E-state index contributed by atoms with van der Waals surface area (Å²) in [5, 5.41) is 14.3. The van der Waals surface area contributed by atoms with E-state index in [1.807, 2.05) is 18.2 Å². The molecular weight excluding hydrogens is 387 g/mol. The molecule has 0 aliphatic carbocycles. The van der Waals surface area contributed by atoms with Crippen LogP contribution in [0.15, 0.2) is 71.8 Å². The molecule has 8 heteroatoms. The topological polar surface area (TPSA) is 79.8 Å². The lowest BCUT2D eigenvalue weighted by Crippen LogP contribution is -2.34. The largest absolute Gasteiger partial charge is 0.392 e. The molecule has 0 aliphatic rings. The molecule has 152 valence electrons. The summed E-state index contributed by atoms with van der Waals surface area (Å²) in [6.07, 6.45) is 3.04. The molecule has 0 radical (unpaired) electrons. The molecule has 0 bridgehead atoms. The number of likely N-dealkylation sites (N-methyl/N-ethyl adjacent to an activating group) is 1. The fourth-order valence-electron chi connectivity index (χ4n) is 3.31. The molecule has 0 spiro atoms. The summed E-state index contributed by atoms with van der Waals surface area (Å²) >= 11 is 0. The van der Waals surface area contributed by atoms with Gasteiger partial charge in [0.05, 0.1) is 12.3 Å². The van der Waals surface area contributed by atoms with Crippen LogP contribution in [0.4, 0.5) is 10.1 Å². The van der Waals surface area contributed by atoms with Gasteiger partial charge in [0.2, 0.25) is 5.91 Å². The average molecular weight is 406 g/mol. The molecule has 4 aromatic rings. The number of hydrogen-bond donors (Lipinski definition) is 1. The van der Waals surface area contributed by atoms with Gasteiger partial charge in [-0.1, -0.05) is 18.2 Å². The van der Waals surface area contributed by atoms with Crippen molar-refractivity contribution in [3.8, 4) is 11.3 Å². The normalized spacial score (nSPS) is 11.0. The summed E-state index contributed by atoms with van der Waals surface area (Å²) in [6.45, 7) is -0.587. The van der Waals surface area contributed by atoms with Gasteiger partial charge in [0.15, 0.2) is 0 Å². The number of hydrogen-bond acceptors (Lipinski definition) is 4. The Balaban J connectivity index is 1.72. The van der Waals surface area contributed by atoms with Crippen molar-refractivity contribution in [2.75, 3.05) is 11.9 Å². The lowest BCUT2D eigenvalue weighted by molar-refractivity contribution is -0.118. The fourth-order valence-corrected chi connectivity index (χ4v) is 3.31. The number of para-hydroxylation sites is 1. The molecule has 30 heavy (non-hydrogen) atoms. The van der Waals surface area contributed by atoms with Crippen molar-refractivity contribution in [1.82, 2.24) is 14.2 Å². The van der Waals surface area contributed by atoms with Crippen LogP contribution in [0.25, 0.3) is 16.8 Å². The number of aromatic nitrogens is 3. The summed E-state index contributed by atoms with van der Waals surface area (Å²) in [4.78, 5) is 27.2. The first-order valence-corrected chi connectivity index (χ1v) is 9.28. The van der Waals surface area contributed by atoms with Crippen molar-refractivity contribution >= 4 is 17.1 Å². The molecule has 4 rings (SSSR count). The summed E-state index contributed by atoms with van der Waals surface area (Å²) in [6, 6.07) is 14.8. The highest BCUT2D eigenvalue weighted by Gasteiger charge is 2.19. The van der Waals surface area contributed by atoms with Crippen molar-refractivity contribution in [2.24, 2.45) is 0 Å². The Morgan fingerprint density at radius 1 is 1.10 bits per heavy atom. The van der Waals surface area contributed by atoms with Gasteiger partial charge in [0.25, 0.3) is 5.56 Å². The number of carbonyl (C=O) groups is 1. The fraction of sp³-hybridized carbons (Fsp3) is 0.136. The minimum atomic E-state index is -0.447. The van der Waals surface area contributed by atoms with Gasteiger partial charge in [-0.3, -0.25) is 9.59 Å². The van der Waals surface area contributed by atoms with E-state index in [0.29, 0.717) is 16.8 Å². The molecule has 0 saturated heterocycles. The first-order valence-electron chi connectivity index (χ1n) is 9.28. The van der Waals surface area contributed by atoms with E-state index in [0.717, 1.165) is 5.69 Å². The van der Waals surface area contributed by atoms with E-state index in [2.05, 4.69) is 5.10 Å². The zero-order chi connectivity index (χ0) is 21.3. The Bertz CT molecular complexity index is 1260. The first kappa shape index (κ1) is 19.5. The number of fused-ring (bicyclic) bond motifs is 1. The first-order chi connectivity index (χ1) is 14.5. The maximum Gasteiger partial charge on any atom is 0.277 e. The van der Waals surface area contributed by atoms with Crippen LogP contribution in [0.5, 0.6) is 0 Å². The molecular formula is C22H19FN4O3. The maximum atomic E-state index is 13.3. The Hall–Kier alpha value is -3.78. The second-order valence-electron chi connectivity index (χ2n) is 6.80. The number of amides is 1. The zero-order valence-corrected chi connectivity index (χ0v) is 16.2. The van der Waals surface area contributed by atoms with Crippen LogP contribution in [0.3, 0.4) is 0 Å². The number of aliphatic hydroxyl groups is 1. The van der Waals surface area contributed by atoms with Gasteiger partial charge < -0.3 is 14.6 Å². The third-order valence-electron chi connectivity index (χ3n) is 4.96. The third-order valence-corrected chi connectivity index (χ3v) is 4.96. The minimum Gasteiger partial charge on any atom is -0.392 e. The van der Waals surface area contributed by atoms with Crippen molar-refractivity contribution in [3.63, 3.8) is 0 Å². The standard InChI is InChI=1S/C22H19FN4O3/c1-25(17-5-3-2-4-6-17)19(29)13-26-11-12-27-21(22(26)30)18(14-28)20(24-27)15-7-9-16(23)10-8-15/h2-12,28H,13-14H2,1H3. The van der Waals surface area contributed by atoms with E-state index in [9.17, 15) is 19.1 Å². The molecule has 2 aromatic carbocycles. The van der Waals surface area contributed by atoms with E-state index in [4.69, 9.17) is 0 Å². The zero-order valence-electron chi connectivity index (χ0n) is 16.2. The Morgan fingerprint density at radius 2 is 1.80 bits per heavy atom. The van der Waals surface area contributed by atoms with Crippen LogP contribution in [0.2, 0.25) is 0 Å². The van der Waals surface area contributed by atoms with Crippen LogP contribution >= 0.6 is 0 Å². The van der Waals surface area contributed by atoms with Gasteiger partial charge in [-0.2, -0.15) is 5.10 Å². The highest BCUT2D eigenvalue weighted by molar-refractivity contribution is 5.92. The summed E-state index contributed by atoms with van der Waals surface area (Å²) in [7, 11) is 1.64. The van der Waals surface area contributed by atoms with Crippen molar-refractivity contribution in [1.29, 1.82) is 0 Å². The van der Waals surface area contributed by atoms with Crippen molar-refractivity contribution < 1.29 is 14.3 Å². The quantitative estimate of drug-likeness (QED) is 0.552. The lowest BCUT2D eigenvalue weighted by atomic mass is 10.1. The number of benzene rings is 2. The van der Waals surface area contributed by atoms with Crippen LogP contribution < -0.4 is 10.5 Å². The number of aliphatic hydroxyl groups excluding tert-OH is 1. The third kappa shape index (κ3) is 3.48. The molecule has 0 unspecified atom stereocenters. The predicted octanol–water partition coefficient (Wildman–Crippen LogP) is 2.46. The maximum absolute atomic E-state index is 13.3. The molecule has 7 nitrogen and oxygen atoms in total. The molecule has 1 N–H and O–H groups in total. The van der Waals surface area contributed by atoms with Gasteiger partial charge in [-0.25, -0.2) is 8.91 Å². The molecule has 2 heterocycles. The number of nitrogens with zero attached hydrogens (tertiary/aromatic N) is 4. The van der Waals surface area contributed by atoms with Crippen molar-refractivity contribution in [2.45, 2.75) is 13.2 Å². The second kappa shape index (κ2) is 7.92. The van der Waals surface area contributed by atoms with E-state index in [1.54, 1.807) is 25.4 Å². The van der Waals surface area contributed by atoms with Gasteiger partial charge in [0, 0.05) is 36.3 Å². The van der Waals surface area contributed by atoms with Gasteiger partial charge in [0.1, 0.15) is 17.9 Å². The highest BCUT2D eigenvalue weighted by Crippen LogP contribution is 2.25. The van der Waals surface area contributed by atoms with E-state index < -0.39 is 18.0 Å². The van der Waals surface area contributed by atoms with Crippen molar-refractivity contribution in [3.05, 3.63) is 88.7 Å². The van der Waals surface area contributed by atoms with Crippen LogP contribution in [0, 0.1) is 5.82 Å². The van der Waals surface area contributed by atoms with Gasteiger partial charge >= 0.3 is 0 Å². The molecule has 0 aliphatic heterocycles. The van der Waals surface area contributed by atoms with Crippen LogP contribution in [-0.2, 0) is 17.9 Å².